The van der Waals surface area contributed by atoms with Crippen LogP contribution in [0.25, 0.3) is 0 Å². The first-order valence-electron chi connectivity index (χ1n) is 14.5. The van der Waals surface area contributed by atoms with Gasteiger partial charge in [-0.25, -0.2) is 4.79 Å². The van der Waals surface area contributed by atoms with E-state index in [1.54, 1.807) is 0 Å². The fraction of sp³-hybridized carbons (Fsp3) is 0.968. The van der Waals surface area contributed by atoms with Gasteiger partial charge in [-0.3, -0.25) is 0 Å². The van der Waals surface area contributed by atoms with E-state index in [9.17, 15) is 15.0 Å². The van der Waals surface area contributed by atoms with E-state index in [1.807, 2.05) is 0 Å². The minimum atomic E-state index is -1.61. The number of hydrogen-bond acceptors (Lipinski definition) is 2. The zero-order valence-electron chi connectivity index (χ0n) is 26.0. The van der Waals surface area contributed by atoms with Crippen molar-refractivity contribution in [1.82, 2.24) is 0 Å². The molecule has 5 aliphatic carbocycles. The van der Waals surface area contributed by atoms with Crippen LogP contribution in [-0.2, 0) is 4.79 Å². The molecule has 1 unspecified atom stereocenters. The van der Waals surface area contributed by atoms with Crippen molar-refractivity contribution >= 4 is 29.0 Å². The molecule has 11 atom stereocenters. The second-order valence-electron chi connectivity index (χ2n) is 15.7. The standard InChI is InChI=1S/C31H52O3.Mg.2H/c1-19-11-13-27(5)16-17-28(6)21(24(27)20(19)2)9-10-23-29(28,7)14-12-22-26(3,4)15-18-31(34,25(32)33)30(22,23)8;;;/h19-24,34H,9-18H2,1-8H3,(H,32,33);;;/q;+2;2*-1/t19-,20+,21-,22+,23+,24+,27-,28-,29-,30+,31?;;;/m1.../s1. The number of rotatable bonds is 1. The van der Waals surface area contributed by atoms with E-state index in [-0.39, 0.29) is 54.0 Å². The molecule has 0 aromatic heterocycles. The monoisotopic (exact) mass is 498 g/mol. The van der Waals surface area contributed by atoms with Gasteiger partial charge in [0.05, 0.1) is 0 Å². The molecule has 5 aliphatic rings. The van der Waals surface area contributed by atoms with E-state index >= 15 is 0 Å². The van der Waals surface area contributed by atoms with Gasteiger partial charge in [-0.05, 0) is 121 Å². The van der Waals surface area contributed by atoms with E-state index in [1.165, 1.54) is 38.5 Å². The van der Waals surface area contributed by atoms with Crippen molar-refractivity contribution in [3.05, 3.63) is 0 Å². The van der Waals surface area contributed by atoms with Crippen molar-refractivity contribution in [3.63, 3.8) is 0 Å². The van der Waals surface area contributed by atoms with Crippen LogP contribution in [0.2, 0.25) is 0 Å². The third kappa shape index (κ3) is 3.33. The van der Waals surface area contributed by atoms with E-state index in [2.05, 4.69) is 55.4 Å². The molecule has 4 heteroatoms. The third-order valence-corrected chi connectivity index (χ3v) is 14.5. The average Bonchev–Trinajstić information content (AvgIpc) is 2.75. The second kappa shape index (κ2) is 8.35. The Morgan fingerprint density at radius 3 is 2.06 bits per heavy atom. The molecule has 5 rings (SSSR count). The van der Waals surface area contributed by atoms with Gasteiger partial charge in [0.2, 0.25) is 0 Å². The summed E-state index contributed by atoms with van der Waals surface area (Å²) in [5.74, 6) is 2.62. The molecule has 2 N–H and O–H groups in total. The van der Waals surface area contributed by atoms with Crippen LogP contribution in [0, 0.1) is 62.6 Å². The second-order valence-corrected chi connectivity index (χ2v) is 15.7. The summed E-state index contributed by atoms with van der Waals surface area (Å²) in [6, 6.07) is 0. The van der Waals surface area contributed by atoms with Crippen LogP contribution in [0.1, 0.15) is 122 Å². The molecule has 3 nitrogen and oxygen atoms in total. The van der Waals surface area contributed by atoms with E-state index in [0.717, 1.165) is 42.9 Å². The van der Waals surface area contributed by atoms with Crippen molar-refractivity contribution < 1.29 is 17.9 Å². The van der Waals surface area contributed by atoms with Gasteiger partial charge in [0, 0.05) is 5.41 Å². The first kappa shape index (κ1) is 28.2. The summed E-state index contributed by atoms with van der Waals surface area (Å²) in [4.78, 5) is 12.7. The van der Waals surface area contributed by atoms with Crippen LogP contribution >= 0.6 is 0 Å². The van der Waals surface area contributed by atoms with Gasteiger partial charge in [0.25, 0.3) is 0 Å². The van der Waals surface area contributed by atoms with Crippen LogP contribution in [0.4, 0.5) is 0 Å². The third-order valence-electron chi connectivity index (χ3n) is 14.5. The van der Waals surface area contributed by atoms with E-state index < -0.39 is 17.0 Å². The molecule has 0 bridgehead atoms. The molecule has 0 aliphatic heterocycles. The molecule has 0 amide bonds. The molecule has 35 heavy (non-hydrogen) atoms. The summed E-state index contributed by atoms with van der Waals surface area (Å²) in [7, 11) is 0. The molecule has 198 valence electrons. The van der Waals surface area contributed by atoms with Gasteiger partial charge < -0.3 is 13.1 Å². The number of aliphatic carboxylic acids is 1. The number of carboxylic acids is 1. The molecule has 0 saturated heterocycles. The maximum absolute atomic E-state index is 12.7. The van der Waals surface area contributed by atoms with Crippen molar-refractivity contribution in [2.45, 2.75) is 125 Å². The quantitative estimate of drug-likeness (QED) is 0.370. The molecular weight excluding hydrogens is 445 g/mol. The Balaban J connectivity index is 0.00000160. The maximum Gasteiger partial charge on any atom is 2.00 e. The van der Waals surface area contributed by atoms with Gasteiger partial charge in [0.15, 0.2) is 5.60 Å². The summed E-state index contributed by atoms with van der Waals surface area (Å²) in [6.07, 6.45) is 11.1. The van der Waals surface area contributed by atoms with E-state index in [0.29, 0.717) is 11.8 Å². The summed E-state index contributed by atoms with van der Waals surface area (Å²) in [6.45, 7) is 19.6. The van der Waals surface area contributed by atoms with Gasteiger partial charge in [0.1, 0.15) is 0 Å². The Hall–Kier alpha value is 0.196. The van der Waals surface area contributed by atoms with Crippen LogP contribution in [0.3, 0.4) is 0 Å². The number of carboxylic acid groups (broad SMARTS) is 1. The number of carbonyl (C=O) groups is 1. The molecule has 0 heterocycles. The Bertz CT molecular complexity index is 883. The van der Waals surface area contributed by atoms with Crippen LogP contribution in [0.5, 0.6) is 0 Å². The minimum absolute atomic E-state index is 0. The molecule has 0 spiro atoms. The van der Waals surface area contributed by atoms with Gasteiger partial charge in [-0.2, -0.15) is 0 Å². The molecule has 0 aromatic carbocycles. The Morgan fingerprint density at radius 2 is 1.43 bits per heavy atom. The van der Waals surface area contributed by atoms with Gasteiger partial charge in [-0.15, -0.1) is 0 Å². The van der Waals surface area contributed by atoms with Crippen molar-refractivity contribution in [2.75, 3.05) is 0 Å². The number of fused-ring (bicyclic) bond motifs is 7. The fourth-order valence-corrected chi connectivity index (χ4v) is 12.0. The minimum Gasteiger partial charge on any atom is -1.00 e. The topological polar surface area (TPSA) is 57.5 Å². The first-order valence-corrected chi connectivity index (χ1v) is 14.5. The molecular formula is C31H54MgO3. The summed E-state index contributed by atoms with van der Waals surface area (Å²) < 4.78 is 0. The number of hydrogen-bond donors (Lipinski definition) is 2. The Morgan fingerprint density at radius 1 is 0.771 bits per heavy atom. The maximum atomic E-state index is 12.7. The number of aliphatic hydroxyl groups is 1. The predicted molar refractivity (Wildman–Crippen MR) is 145 cm³/mol. The first-order chi connectivity index (χ1) is 15.6. The fourth-order valence-electron chi connectivity index (χ4n) is 12.0. The van der Waals surface area contributed by atoms with E-state index in [4.69, 9.17) is 0 Å². The smallest absolute Gasteiger partial charge is 1.00 e. The largest absolute Gasteiger partial charge is 2.00 e. The molecule has 5 fully saturated rings. The molecule has 0 aromatic rings. The van der Waals surface area contributed by atoms with Gasteiger partial charge >= 0.3 is 29.0 Å². The average molecular weight is 499 g/mol. The SMILES string of the molecule is C[C@@H]1[C@H]2[C@H]3CC[C@@H]4[C@]5(C)[C@@H](CC[C@@]4(C)[C@]3(C)CC[C@@]2(C)CC[C@H]1C)C(C)(C)CCC5(O)C(=O)O.[H-].[H-].[Mg+2]. The normalized spacial score (nSPS) is 56.9. The Kier molecular flexibility index (Phi) is 6.73. The summed E-state index contributed by atoms with van der Waals surface area (Å²) in [5.41, 5.74) is -1.34. The zero-order valence-corrected chi connectivity index (χ0v) is 25.5. The van der Waals surface area contributed by atoms with Gasteiger partial charge in [-0.1, -0.05) is 55.4 Å². The van der Waals surface area contributed by atoms with Crippen molar-refractivity contribution in [2.24, 2.45) is 62.6 Å². The Labute approximate surface area is 234 Å². The summed E-state index contributed by atoms with van der Waals surface area (Å²) in [5, 5.41) is 22.4. The predicted octanol–water partition coefficient (Wildman–Crippen LogP) is 7.40. The van der Waals surface area contributed by atoms with Crippen LogP contribution in [0.15, 0.2) is 0 Å². The summed E-state index contributed by atoms with van der Waals surface area (Å²) >= 11 is 0. The zero-order chi connectivity index (χ0) is 25.1. The molecule has 5 saturated carbocycles. The van der Waals surface area contributed by atoms with Crippen LogP contribution in [-0.4, -0.2) is 44.8 Å². The molecule has 0 radical (unpaired) electrons. The van der Waals surface area contributed by atoms with Crippen LogP contribution < -0.4 is 0 Å². The van der Waals surface area contributed by atoms with Crippen molar-refractivity contribution in [1.29, 1.82) is 0 Å². The van der Waals surface area contributed by atoms with Crippen molar-refractivity contribution in [3.8, 4) is 0 Å².